The van der Waals surface area contributed by atoms with Gasteiger partial charge in [-0.25, -0.2) is 4.79 Å². The maximum atomic E-state index is 12.7. The minimum absolute atomic E-state index is 0.256. The first-order valence-corrected chi connectivity index (χ1v) is 9.19. The van der Waals surface area contributed by atoms with Crippen LogP contribution in [-0.4, -0.2) is 24.1 Å². The summed E-state index contributed by atoms with van der Waals surface area (Å²) in [6.07, 6.45) is 0. The number of benzene rings is 2. The molecule has 0 fully saturated rings. The molecule has 0 spiro atoms. The quantitative estimate of drug-likeness (QED) is 0.505. The Bertz CT molecular complexity index is 968. The van der Waals surface area contributed by atoms with Crippen molar-refractivity contribution in [2.24, 2.45) is 0 Å². The van der Waals surface area contributed by atoms with E-state index in [0.29, 0.717) is 22.6 Å². The summed E-state index contributed by atoms with van der Waals surface area (Å²) in [4.78, 5) is 25.2. The van der Waals surface area contributed by atoms with E-state index >= 15 is 0 Å². The minimum atomic E-state index is -0.454. The van der Waals surface area contributed by atoms with Gasteiger partial charge in [0.25, 0.3) is 5.91 Å². The molecule has 6 nitrogen and oxygen atoms in total. The maximum Gasteiger partial charge on any atom is 0.337 e. The summed E-state index contributed by atoms with van der Waals surface area (Å²) in [5, 5.41) is 6.69. The van der Waals surface area contributed by atoms with Gasteiger partial charge in [-0.15, -0.1) is 11.8 Å². The number of ether oxygens (including phenoxy) is 1. The highest BCUT2D eigenvalue weighted by Crippen LogP contribution is 2.27. The topological polar surface area (TPSA) is 81.4 Å². The molecule has 0 aliphatic rings. The number of carbonyl (C=O) groups is 2. The number of hydrogen-bond donors (Lipinski definition) is 1. The lowest BCUT2D eigenvalue weighted by Gasteiger charge is -2.10. The fourth-order valence-electron chi connectivity index (χ4n) is 2.45. The molecule has 0 bridgehead atoms. The van der Waals surface area contributed by atoms with Crippen molar-refractivity contribution in [3.8, 4) is 0 Å². The van der Waals surface area contributed by atoms with E-state index in [2.05, 4.69) is 10.5 Å². The SMILES string of the molecule is COC(=O)c1cccc(NC(=O)c2ccccc2SCc2cc(C)no2)c1. The molecule has 0 aliphatic heterocycles. The van der Waals surface area contributed by atoms with Crippen molar-refractivity contribution in [3.63, 3.8) is 0 Å². The summed E-state index contributed by atoms with van der Waals surface area (Å²) in [7, 11) is 1.32. The molecule has 0 saturated heterocycles. The largest absolute Gasteiger partial charge is 0.465 e. The van der Waals surface area contributed by atoms with Crippen molar-refractivity contribution < 1.29 is 18.8 Å². The van der Waals surface area contributed by atoms with E-state index in [4.69, 9.17) is 9.26 Å². The normalized spacial score (nSPS) is 10.4. The molecule has 0 aliphatic carbocycles. The predicted molar refractivity (Wildman–Crippen MR) is 103 cm³/mol. The van der Waals surface area contributed by atoms with Crippen LogP contribution >= 0.6 is 11.8 Å². The average Bonchev–Trinajstić information content (AvgIpc) is 3.11. The molecule has 3 aromatic rings. The van der Waals surface area contributed by atoms with Gasteiger partial charge < -0.3 is 14.6 Å². The summed E-state index contributed by atoms with van der Waals surface area (Å²) < 4.78 is 9.92. The Morgan fingerprint density at radius 3 is 2.70 bits per heavy atom. The van der Waals surface area contributed by atoms with E-state index < -0.39 is 5.97 Å². The van der Waals surface area contributed by atoms with Crippen LogP contribution in [0.25, 0.3) is 0 Å². The number of esters is 1. The van der Waals surface area contributed by atoms with E-state index in [0.717, 1.165) is 16.3 Å². The molecule has 0 radical (unpaired) electrons. The monoisotopic (exact) mass is 382 g/mol. The second kappa shape index (κ2) is 8.55. The van der Waals surface area contributed by atoms with Crippen molar-refractivity contribution in [2.45, 2.75) is 17.6 Å². The Hall–Kier alpha value is -3.06. The van der Waals surface area contributed by atoms with E-state index in [9.17, 15) is 9.59 Å². The van der Waals surface area contributed by atoms with E-state index in [1.54, 1.807) is 30.3 Å². The predicted octanol–water partition coefficient (Wildman–Crippen LogP) is 4.31. The third kappa shape index (κ3) is 4.77. The van der Waals surface area contributed by atoms with Gasteiger partial charge in [-0.1, -0.05) is 23.4 Å². The minimum Gasteiger partial charge on any atom is -0.465 e. The molecular formula is C20H18N2O4S. The lowest BCUT2D eigenvalue weighted by atomic mass is 10.1. The van der Waals surface area contributed by atoms with Gasteiger partial charge in [-0.05, 0) is 37.3 Å². The first-order valence-electron chi connectivity index (χ1n) is 8.20. The van der Waals surface area contributed by atoms with Gasteiger partial charge in [0.1, 0.15) is 5.76 Å². The van der Waals surface area contributed by atoms with Crippen LogP contribution in [0.15, 0.2) is 64.0 Å². The Balaban J connectivity index is 1.74. The highest BCUT2D eigenvalue weighted by molar-refractivity contribution is 7.98. The van der Waals surface area contributed by atoms with Crippen LogP contribution in [0.5, 0.6) is 0 Å². The van der Waals surface area contributed by atoms with Gasteiger partial charge >= 0.3 is 5.97 Å². The average molecular weight is 382 g/mol. The lowest BCUT2D eigenvalue weighted by Crippen LogP contribution is -2.13. The molecule has 1 heterocycles. The number of rotatable bonds is 6. The van der Waals surface area contributed by atoms with E-state index in [1.807, 2.05) is 31.2 Å². The number of methoxy groups -OCH3 is 1. The highest BCUT2D eigenvalue weighted by atomic mass is 32.2. The molecule has 0 saturated carbocycles. The molecule has 3 rings (SSSR count). The number of nitrogens with one attached hydrogen (secondary N) is 1. The number of nitrogens with zero attached hydrogens (tertiary/aromatic N) is 1. The molecule has 7 heteroatoms. The Kier molecular flexibility index (Phi) is 5.93. The zero-order valence-corrected chi connectivity index (χ0v) is 15.7. The lowest BCUT2D eigenvalue weighted by molar-refractivity contribution is 0.0600. The van der Waals surface area contributed by atoms with Gasteiger partial charge in [-0.3, -0.25) is 4.79 Å². The summed E-state index contributed by atoms with van der Waals surface area (Å²) in [6.45, 7) is 1.86. The molecule has 1 aromatic heterocycles. The van der Waals surface area contributed by atoms with E-state index in [1.165, 1.54) is 18.9 Å². The number of amides is 1. The smallest absolute Gasteiger partial charge is 0.337 e. The summed E-state index contributed by atoms with van der Waals surface area (Å²) in [5.74, 6) is 0.611. The van der Waals surface area contributed by atoms with E-state index in [-0.39, 0.29) is 5.91 Å². The van der Waals surface area contributed by atoms with Crippen LogP contribution in [0, 0.1) is 6.92 Å². The van der Waals surface area contributed by atoms with Crippen molar-refractivity contribution in [3.05, 3.63) is 77.2 Å². The maximum absolute atomic E-state index is 12.7. The number of hydrogen-bond acceptors (Lipinski definition) is 6. The van der Waals surface area contributed by atoms with Crippen molar-refractivity contribution in [2.75, 3.05) is 12.4 Å². The Labute approximate surface area is 160 Å². The van der Waals surface area contributed by atoms with Crippen LogP contribution < -0.4 is 5.32 Å². The van der Waals surface area contributed by atoms with Crippen LogP contribution in [-0.2, 0) is 10.5 Å². The molecule has 138 valence electrons. The van der Waals surface area contributed by atoms with Crippen molar-refractivity contribution >= 4 is 29.3 Å². The highest BCUT2D eigenvalue weighted by Gasteiger charge is 2.14. The zero-order chi connectivity index (χ0) is 19.2. The number of carbonyl (C=O) groups excluding carboxylic acids is 2. The van der Waals surface area contributed by atoms with Crippen molar-refractivity contribution in [1.82, 2.24) is 5.16 Å². The molecular weight excluding hydrogens is 364 g/mol. The third-order valence-electron chi connectivity index (χ3n) is 3.72. The van der Waals surface area contributed by atoms with Crippen molar-refractivity contribution in [1.29, 1.82) is 0 Å². The number of aryl methyl sites for hydroxylation is 1. The van der Waals surface area contributed by atoms with Gasteiger partial charge in [0, 0.05) is 16.6 Å². The molecule has 1 amide bonds. The summed E-state index contributed by atoms with van der Waals surface area (Å²) >= 11 is 1.50. The standard InChI is InChI=1S/C20H18N2O4S/c1-13-10-16(26-22-13)12-27-18-9-4-3-8-17(18)19(23)21-15-7-5-6-14(11-15)20(24)25-2/h3-11H,12H2,1-2H3,(H,21,23). The second-order valence-electron chi connectivity index (χ2n) is 5.75. The Morgan fingerprint density at radius 1 is 1.15 bits per heavy atom. The van der Waals surface area contributed by atoms with Gasteiger partial charge in [0.2, 0.25) is 0 Å². The summed E-state index contributed by atoms with van der Waals surface area (Å²) in [5.41, 5.74) is 2.26. The number of thioether (sulfide) groups is 1. The van der Waals surface area contributed by atoms with Gasteiger partial charge in [-0.2, -0.15) is 0 Å². The molecule has 0 atom stereocenters. The van der Waals surface area contributed by atoms with Crippen LogP contribution in [0.4, 0.5) is 5.69 Å². The van der Waals surface area contributed by atoms with Crippen LogP contribution in [0.3, 0.4) is 0 Å². The van der Waals surface area contributed by atoms with Crippen LogP contribution in [0.1, 0.15) is 32.2 Å². The number of aromatic nitrogens is 1. The first kappa shape index (κ1) is 18.7. The molecule has 1 N–H and O–H groups in total. The fourth-order valence-corrected chi connectivity index (χ4v) is 3.38. The third-order valence-corrected chi connectivity index (χ3v) is 4.82. The zero-order valence-electron chi connectivity index (χ0n) is 14.9. The van der Waals surface area contributed by atoms with Gasteiger partial charge in [0.15, 0.2) is 0 Å². The van der Waals surface area contributed by atoms with Gasteiger partial charge in [0.05, 0.1) is 29.7 Å². The Morgan fingerprint density at radius 2 is 1.96 bits per heavy atom. The fraction of sp³-hybridized carbons (Fsp3) is 0.150. The summed E-state index contributed by atoms with van der Waals surface area (Å²) in [6, 6.07) is 15.8. The first-order chi connectivity index (χ1) is 13.1. The van der Waals surface area contributed by atoms with Crippen LogP contribution in [0.2, 0.25) is 0 Å². The number of anilines is 1. The molecule has 2 aromatic carbocycles. The molecule has 27 heavy (non-hydrogen) atoms. The molecule has 0 unspecified atom stereocenters. The second-order valence-corrected chi connectivity index (χ2v) is 6.76.